The van der Waals surface area contributed by atoms with E-state index < -0.39 is 0 Å². The van der Waals surface area contributed by atoms with E-state index in [0.29, 0.717) is 13.2 Å². The number of amides is 1. The number of rotatable bonds is 1. The molecule has 0 unspecified atom stereocenters. The van der Waals surface area contributed by atoms with Gasteiger partial charge in [0.25, 0.3) is 5.91 Å². The van der Waals surface area contributed by atoms with Crippen molar-refractivity contribution in [2.24, 2.45) is 0 Å². The normalized spacial score (nSPS) is 20.2. The second kappa shape index (κ2) is 4.47. The first-order chi connectivity index (χ1) is 8.34. The van der Waals surface area contributed by atoms with Crippen LogP contribution in [-0.4, -0.2) is 32.2 Å². The van der Waals surface area contributed by atoms with Gasteiger partial charge in [0.05, 0.1) is 6.61 Å². The molecule has 0 radical (unpaired) electrons. The van der Waals surface area contributed by atoms with E-state index in [-0.39, 0.29) is 12.5 Å². The third-order valence-electron chi connectivity index (χ3n) is 3.37. The maximum absolute atomic E-state index is 11.7. The van der Waals surface area contributed by atoms with Crippen LogP contribution in [0, 0.1) is 0 Å². The summed E-state index contributed by atoms with van der Waals surface area (Å²) in [6.07, 6.45) is 1.08. The summed E-state index contributed by atoms with van der Waals surface area (Å²) in [6.45, 7) is 3.44. The summed E-state index contributed by atoms with van der Waals surface area (Å²) in [5, 5.41) is 3.35. The molecule has 2 aliphatic rings. The van der Waals surface area contributed by atoms with Crippen molar-refractivity contribution in [1.29, 1.82) is 0 Å². The first kappa shape index (κ1) is 10.7. The highest BCUT2D eigenvalue weighted by atomic mass is 16.5. The quantitative estimate of drug-likeness (QED) is 0.775. The van der Waals surface area contributed by atoms with Crippen LogP contribution in [0.3, 0.4) is 0 Å². The van der Waals surface area contributed by atoms with Crippen LogP contribution >= 0.6 is 0 Å². The molecule has 2 heterocycles. The molecule has 1 aromatic rings. The average molecular weight is 232 g/mol. The van der Waals surface area contributed by atoms with Crippen LogP contribution in [-0.2, 0) is 22.5 Å². The van der Waals surface area contributed by atoms with Crippen molar-refractivity contribution < 1.29 is 9.53 Å². The molecule has 90 valence electrons. The second-order valence-corrected chi connectivity index (χ2v) is 4.48. The number of carbonyl (C=O) groups excluding carboxylic acids is 1. The van der Waals surface area contributed by atoms with Crippen LogP contribution in [0.25, 0.3) is 0 Å². The molecule has 4 heteroatoms. The van der Waals surface area contributed by atoms with Gasteiger partial charge in [0.2, 0.25) is 0 Å². The fraction of sp³-hybridized carbons (Fsp3) is 0.462. The first-order valence-corrected chi connectivity index (χ1v) is 6.05. The summed E-state index contributed by atoms with van der Waals surface area (Å²) in [6, 6.07) is 6.33. The molecule has 2 aliphatic heterocycles. The van der Waals surface area contributed by atoms with Gasteiger partial charge in [0, 0.05) is 18.8 Å². The number of benzene rings is 1. The second-order valence-electron chi connectivity index (χ2n) is 4.48. The Hall–Kier alpha value is -1.39. The zero-order valence-electron chi connectivity index (χ0n) is 9.74. The van der Waals surface area contributed by atoms with Crippen LogP contribution in [0.5, 0.6) is 0 Å². The molecule has 0 aliphatic carbocycles. The summed E-state index contributed by atoms with van der Waals surface area (Å²) in [5.41, 5.74) is 3.71. The summed E-state index contributed by atoms with van der Waals surface area (Å²) >= 11 is 0. The highest BCUT2D eigenvalue weighted by molar-refractivity contribution is 5.94. The predicted octanol–water partition coefficient (Wildman–Crippen LogP) is 0.696. The van der Waals surface area contributed by atoms with Crippen LogP contribution in [0.1, 0.15) is 11.1 Å². The number of nitrogens with zero attached hydrogens (tertiary/aromatic N) is 1. The van der Waals surface area contributed by atoms with Crippen molar-refractivity contribution >= 4 is 11.6 Å². The van der Waals surface area contributed by atoms with Gasteiger partial charge >= 0.3 is 0 Å². The molecule has 0 spiro atoms. The Morgan fingerprint density at radius 3 is 3.12 bits per heavy atom. The van der Waals surface area contributed by atoms with Gasteiger partial charge in [-0.25, -0.2) is 0 Å². The van der Waals surface area contributed by atoms with Crippen molar-refractivity contribution in [3.05, 3.63) is 29.3 Å². The van der Waals surface area contributed by atoms with Crippen molar-refractivity contribution in [3.8, 4) is 0 Å². The monoisotopic (exact) mass is 232 g/mol. The number of fused-ring (bicyclic) bond motifs is 1. The summed E-state index contributed by atoms with van der Waals surface area (Å²) < 4.78 is 5.14. The molecular formula is C13H16N2O2. The molecule has 1 amide bonds. The van der Waals surface area contributed by atoms with Crippen LogP contribution < -0.4 is 10.2 Å². The minimum atomic E-state index is 0.0555. The Morgan fingerprint density at radius 2 is 2.24 bits per heavy atom. The number of carbonyl (C=O) groups is 1. The van der Waals surface area contributed by atoms with E-state index in [9.17, 15) is 4.79 Å². The molecule has 1 aromatic carbocycles. The fourth-order valence-electron chi connectivity index (χ4n) is 2.43. The van der Waals surface area contributed by atoms with E-state index in [1.165, 1.54) is 11.1 Å². The van der Waals surface area contributed by atoms with Crippen molar-refractivity contribution in [3.63, 3.8) is 0 Å². The Kier molecular flexibility index (Phi) is 2.82. The molecule has 0 atom stereocenters. The van der Waals surface area contributed by atoms with E-state index in [1.807, 2.05) is 11.0 Å². The highest BCUT2D eigenvalue weighted by Crippen LogP contribution is 2.23. The van der Waals surface area contributed by atoms with Crippen molar-refractivity contribution in [2.75, 3.05) is 31.2 Å². The van der Waals surface area contributed by atoms with E-state index in [1.54, 1.807) is 0 Å². The Balaban J connectivity index is 1.89. The Labute approximate surface area is 101 Å². The third kappa shape index (κ3) is 2.06. The Bertz CT molecular complexity index is 445. The summed E-state index contributed by atoms with van der Waals surface area (Å²) in [4.78, 5) is 13.6. The highest BCUT2D eigenvalue weighted by Gasteiger charge is 2.21. The van der Waals surface area contributed by atoms with Gasteiger partial charge in [0.15, 0.2) is 0 Å². The molecule has 4 nitrogen and oxygen atoms in total. The molecule has 1 fully saturated rings. The standard InChI is InChI=1S/C13H16N2O2/c16-13-9-17-6-5-15(13)12-2-1-10-3-4-14-8-11(10)7-12/h1-2,7,14H,3-6,8-9H2. The fourth-order valence-corrected chi connectivity index (χ4v) is 2.43. The van der Waals surface area contributed by atoms with E-state index in [0.717, 1.165) is 25.2 Å². The lowest BCUT2D eigenvalue weighted by molar-refractivity contribution is -0.125. The molecule has 1 saturated heterocycles. The van der Waals surface area contributed by atoms with Gasteiger partial charge in [-0.2, -0.15) is 0 Å². The van der Waals surface area contributed by atoms with Gasteiger partial charge in [-0.15, -0.1) is 0 Å². The molecule has 0 bridgehead atoms. The molecular weight excluding hydrogens is 216 g/mol. The summed E-state index contributed by atoms with van der Waals surface area (Å²) in [5.74, 6) is 0.0555. The van der Waals surface area contributed by atoms with Crippen molar-refractivity contribution in [1.82, 2.24) is 5.32 Å². The SMILES string of the molecule is O=C1COCCN1c1ccc2c(c1)CNCC2. The number of anilines is 1. The van der Waals surface area contributed by atoms with Gasteiger partial charge < -0.3 is 15.0 Å². The number of nitrogens with one attached hydrogen (secondary N) is 1. The molecule has 3 rings (SSSR count). The van der Waals surface area contributed by atoms with E-state index in [4.69, 9.17) is 4.74 Å². The lowest BCUT2D eigenvalue weighted by atomic mass is 10.00. The maximum atomic E-state index is 11.7. The topological polar surface area (TPSA) is 41.6 Å². The van der Waals surface area contributed by atoms with E-state index in [2.05, 4.69) is 17.4 Å². The number of hydrogen-bond acceptors (Lipinski definition) is 3. The van der Waals surface area contributed by atoms with E-state index >= 15 is 0 Å². The average Bonchev–Trinajstić information content (AvgIpc) is 2.39. The van der Waals surface area contributed by atoms with Crippen LogP contribution in [0.4, 0.5) is 5.69 Å². The largest absolute Gasteiger partial charge is 0.370 e. The zero-order valence-corrected chi connectivity index (χ0v) is 9.74. The van der Waals surface area contributed by atoms with Gasteiger partial charge in [-0.1, -0.05) is 6.07 Å². The minimum absolute atomic E-state index is 0.0555. The number of hydrogen-bond donors (Lipinski definition) is 1. The zero-order chi connectivity index (χ0) is 11.7. The number of ether oxygens (including phenoxy) is 1. The van der Waals surface area contributed by atoms with Crippen LogP contribution in [0.2, 0.25) is 0 Å². The van der Waals surface area contributed by atoms with Crippen molar-refractivity contribution in [2.45, 2.75) is 13.0 Å². The third-order valence-corrected chi connectivity index (χ3v) is 3.37. The van der Waals surface area contributed by atoms with Gasteiger partial charge in [-0.3, -0.25) is 4.79 Å². The predicted molar refractivity (Wildman–Crippen MR) is 65.0 cm³/mol. The van der Waals surface area contributed by atoms with Crippen LogP contribution in [0.15, 0.2) is 18.2 Å². The lowest BCUT2D eigenvalue weighted by Crippen LogP contribution is -2.41. The smallest absolute Gasteiger partial charge is 0.253 e. The lowest BCUT2D eigenvalue weighted by Gasteiger charge is -2.28. The first-order valence-electron chi connectivity index (χ1n) is 6.05. The molecule has 17 heavy (non-hydrogen) atoms. The summed E-state index contributed by atoms with van der Waals surface area (Å²) in [7, 11) is 0. The minimum Gasteiger partial charge on any atom is -0.370 e. The Morgan fingerprint density at radius 1 is 1.29 bits per heavy atom. The maximum Gasteiger partial charge on any atom is 0.253 e. The molecule has 0 aromatic heterocycles. The van der Waals surface area contributed by atoms with Gasteiger partial charge in [-0.05, 0) is 36.2 Å². The molecule has 0 saturated carbocycles. The molecule has 1 N–H and O–H groups in total. The van der Waals surface area contributed by atoms with Gasteiger partial charge in [0.1, 0.15) is 6.61 Å². The number of morpholine rings is 1.